The molecule has 16 nitrogen and oxygen atoms in total. The molecule has 0 fully saturated rings. The van der Waals surface area contributed by atoms with E-state index in [9.17, 15) is 43.5 Å². The molecule has 0 radical (unpaired) electrons. The molecule has 650 valence electrons. The summed E-state index contributed by atoms with van der Waals surface area (Å²) < 4.78 is 61.4. The summed E-state index contributed by atoms with van der Waals surface area (Å²) in [6.45, 7) is 2.53. The molecular weight excluding hydrogens is 1460 g/mol. The normalized spacial score (nSPS) is 14.5. The van der Waals surface area contributed by atoms with Gasteiger partial charge in [0.1, 0.15) is 25.4 Å². The number of phosphoric acid groups is 2. The number of hydrogen-bond acceptors (Lipinski definition) is 14. The van der Waals surface area contributed by atoms with Crippen LogP contribution in [0, 0.1) is 0 Å². The Hall–Kier alpha value is -4.57. The molecule has 18 heteroatoms. The summed E-state index contributed by atoms with van der Waals surface area (Å²) in [4.78, 5) is 58.9. The van der Waals surface area contributed by atoms with E-state index in [0.717, 1.165) is 173 Å². The Morgan fingerprint density at radius 2 is 0.469 bits per heavy atom. The first-order valence-electron chi connectivity index (χ1n) is 45.1. The van der Waals surface area contributed by atoms with Crippen LogP contribution < -0.4 is 0 Å². The number of carbonyl (C=O) groups is 3. The number of ether oxygens (including phenoxy) is 3. The summed E-state index contributed by atoms with van der Waals surface area (Å²) in [6, 6.07) is 0. The number of allylic oxidation sites excluding steroid dienone is 24. The van der Waals surface area contributed by atoms with Crippen molar-refractivity contribution >= 4 is 33.6 Å². The quantitative estimate of drug-likeness (QED) is 0.0146. The predicted octanol–water partition coefficient (Wildman–Crippen LogP) is 27.6. The maximum absolute atomic E-state index is 13.0. The van der Waals surface area contributed by atoms with Crippen LogP contribution in [0.25, 0.3) is 0 Å². The van der Waals surface area contributed by atoms with Gasteiger partial charge in [-0.05, 0) is 148 Å². The maximum Gasteiger partial charge on any atom is 0.472 e. The lowest BCUT2D eigenvalue weighted by atomic mass is 10.0. The average molecular weight is 1620 g/mol. The fourth-order valence-corrected chi connectivity index (χ4v) is 13.8. The summed E-state index contributed by atoms with van der Waals surface area (Å²) in [5.74, 6) is -1.59. The fraction of sp³-hybridized carbons (Fsp3) is 0.716. The van der Waals surface area contributed by atoms with Crippen LogP contribution in [-0.4, -0.2) is 95.9 Å². The molecule has 5 atom stereocenters. The predicted molar refractivity (Wildman–Crippen MR) is 473 cm³/mol. The lowest BCUT2D eigenvalue weighted by Gasteiger charge is -2.21. The SMILES string of the molecule is CC/C=C\C/C=C\C/C=C\C/C=C\C/C=C\CCCCCCCCCCCCCCCCCCCCCC(=O)OCC(O)COP(=O)(O)OCC(O)COP(=O)(O)OCC(COC(=O)CCCCCCCCC/C=C\C/C=C\C/C=C\C/C=C\CCCCC)OC(=O)CCCCCCCC/C=C\C/C=C\C/C=C\CCCCC. The number of rotatable bonds is 85. The molecule has 0 spiro atoms. The van der Waals surface area contributed by atoms with E-state index in [1.807, 2.05) is 0 Å². The van der Waals surface area contributed by atoms with Crippen LogP contribution in [0.4, 0.5) is 0 Å². The molecule has 0 saturated carbocycles. The molecule has 0 aliphatic heterocycles. The Labute approximate surface area is 689 Å². The number of esters is 3. The van der Waals surface area contributed by atoms with Crippen molar-refractivity contribution in [3.63, 3.8) is 0 Å². The number of aliphatic hydroxyl groups excluding tert-OH is 2. The van der Waals surface area contributed by atoms with Gasteiger partial charge in [-0.2, -0.15) is 0 Å². The van der Waals surface area contributed by atoms with Gasteiger partial charge in [-0.25, -0.2) is 9.13 Å². The van der Waals surface area contributed by atoms with E-state index in [0.29, 0.717) is 19.3 Å². The van der Waals surface area contributed by atoms with Crippen molar-refractivity contribution in [2.75, 3.05) is 39.6 Å². The molecule has 0 aromatic rings. The van der Waals surface area contributed by atoms with E-state index >= 15 is 0 Å². The van der Waals surface area contributed by atoms with Gasteiger partial charge in [0.05, 0.1) is 26.4 Å². The van der Waals surface area contributed by atoms with E-state index in [1.165, 1.54) is 148 Å². The number of phosphoric ester groups is 2. The lowest BCUT2D eigenvalue weighted by Crippen LogP contribution is -2.30. The zero-order valence-corrected chi connectivity index (χ0v) is 73.3. The van der Waals surface area contributed by atoms with Crippen molar-refractivity contribution in [3.8, 4) is 0 Å². The van der Waals surface area contributed by atoms with Crippen LogP contribution in [0.5, 0.6) is 0 Å². The Morgan fingerprint density at radius 3 is 0.743 bits per heavy atom. The molecule has 113 heavy (non-hydrogen) atoms. The van der Waals surface area contributed by atoms with Gasteiger partial charge in [-0.1, -0.05) is 359 Å². The minimum absolute atomic E-state index is 0.0851. The Bertz CT molecular complexity index is 2630. The largest absolute Gasteiger partial charge is 0.472 e. The van der Waals surface area contributed by atoms with Gasteiger partial charge in [0.15, 0.2) is 6.10 Å². The summed E-state index contributed by atoms with van der Waals surface area (Å²) in [6.07, 6.45) is 109. The Balaban J connectivity index is 4.50. The van der Waals surface area contributed by atoms with Crippen molar-refractivity contribution in [1.29, 1.82) is 0 Å². The number of hydrogen-bond donors (Lipinski definition) is 4. The zero-order chi connectivity index (χ0) is 82.2. The van der Waals surface area contributed by atoms with Gasteiger partial charge in [0, 0.05) is 19.3 Å². The lowest BCUT2D eigenvalue weighted by molar-refractivity contribution is -0.161. The van der Waals surface area contributed by atoms with E-state index in [1.54, 1.807) is 0 Å². The van der Waals surface area contributed by atoms with Gasteiger partial charge >= 0.3 is 33.6 Å². The second-order valence-electron chi connectivity index (χ2n) is 30.0. The highest BCUT2D eigenvalue weighted by Gasteiger charge is 2.29. The molecule has 0 aliphatic rings. The second-order valence-corrected chi connectivity index (χ2v) is 32.9. The molecule has 0 bridgehead atoms. The second kappa shape index (κ2) is 86.8. The van der Waals surface area contributed by atoms with Gasteiger partial charge in [0.2, 0.25) is 0 Å². The molecule has 0 heterocycles. The molecule has 4 N–H and O–H groups in total. The van der Waals surface area contributed by atoms with E-state index < -0.39 is 91.5 Å². The summed E-state index contributed by atoms with van der Waals surface area (Å²) in [7, 11) is -9.81. The highest BCUT2D eigenvalue weighted by molar-refractivity contribution is 7.47. The highest BCUT2D eigenvalue weighted by atomic mass is 31.2. The van der Waals surface area contributed by atoms with Gasteiger partial charge in [-0.3, -0.25) is 32.5 Å². The average Bonchev–Trinajstić information content (AvgIpc) is 0.899. The van der Waals surface area contributed by atoms with E-state index in [4.69, 9.17) is 32.3 Å². The van der Waals surface area contributed by atoms with E-state index in [-0.39, 0.29) is 19.3 Å². The Morgan fingerprint density at radius 1 is 0.257 bits per heavy atom. The summed E-state index contributed by atoms with van der Waals surface area (Å²) in [5, 5.41) is 20.7. The topological polar surface area (TPSA) is 231 Å². The molecule has 0 rings (SSSR count). The van der Waals surface area contributed by atoms with Crippen LogP contribution in [-0.2, 0) is 55.8 Å². The fourth-order valence-electron chi connectivity index (χ4n) is 12.2. The summed E-state index contributed by atoms with van der Waals surface area (Å²) >= 11 is 0. The molecule has 0 aliphatic carbocycles. The third-order valence-corrected chi connectivity index (χ3v) is 20.9. The standard InChI is InChI=1S/C95H164O16P2/c1-4-7-10-13-16-19-22-25-28-31-34-36-38-39-40-41-42-43-44-45-46-47-48-49-51-53-55-57-60-63-66-69-72-75-78-81-93(98)105-84-90(96)85-107-112(101,102)108-86-91(97)87-109-113(103,104)110-89-92(111-95(100)83-80-77-74-71-68-65-62-59-54-33-30-27-24-21-18-15-12-9-6-3)88-106-94(99)82-79-76-73-70-67-64-61-58-56-52-50-37-35-32-29-26-23-20-17-14-11-8-5-2/h7,10,16-21,25-30,34-37,39-40,52,54,56,59,90-92,96-97H,4-6,8-9,11-15,22-24,31-33,38,41-51,53,55,57-58,60-89H2,1-3H3,(H,101,102)(H,103,104)/b10-7-,19-16-,20-17-,21-18-,28-25-,29-26-,30-27-,36-34-,37-35-,40-39-,56-52-,59-54-. The molecule has 0 aromatic carbocycles. The van der Waals surface area contributed by atoms with Crippen molar-refractivity contribution in [2.24, 2.45) is 0 Å². The van der Waals surface area contributed by atoms with E-state index in [2.05, 4.69) is 167 Å². The van der Waals surface area contributed by atoms with Crippen molar-refractivity contribution in [3.05, 3.63) is 146 Å². The molecule has 0 aromatic heterocycles. The third kappa shape index (κ3) is 88.1. The maximum atomic E-state index is 13.0. The summed E-state index contributed by atoms with van der Waals surface area (Å²) in [5.41, 5.74) is 0. The highest BCUT2D eigenvalue weighted by Crippen LogP contribution is 2.45. The first-order chi connectivity index (χ1) is 55.2. The van der Waals surface area contributed by atoms with Crippen LogP contribution in [0.2, 0.25) is 0 Å². The van der Waals surface area contributed by atoms with Crippen molar-refractivity contribution in [1.82, 2.24) is 0 Å². The zero-order valence-electron chi connectivity index (χ0n) is 71.5. The van der Waals surface area contributed by atoms with Crippen LogP contribution >= 0.6 is 15.6 Å². The van der Waals surface area contributed by atoms with Gasteiger partial charge in [-0.15, -0.1) is 0 Å². The minimum Gasteiger partial charge on any atom is -0.463 e. The first kappa shape index (κ1) is 108. The molecule has 0 saturated heterocycles. The Kier molecular flexibility index (Phi) is 83.3. The van der Waals surface area contributed by atoms with Gasteiger partial charge in [0.25, 0.3) is 0 Å². The molecular formula is C95H164O16P2. The van der Waals surface area contributed by atoms with Crippen molar-refractivity contribution in [2.45, 2.75) is 399 Å². The third-order valence-electron chi connectivity index (χ3n) is 19.0. The smallest absolute Gasteiger partial charge is 0.463 e. The molecule has 5 unspecified atom stereocenters. The van der Waals surface area contributed by atoms with Crippen LogP contribution in [0.3, 0.4) is 0 Å². The van der Waals surface area contributed by atoms with Crippen molar-refractivity contribution < 1.29 is 75.8 Å². The number of unbranched alkanes of at least 4 members (excludes halogenated alkanes) is 38. The first-order valence-corrected chi connectivity index (χ1v) is 48.1. The number of carbonyl (C=O) groups excluding carboxylic acids is 3. The monoisotopic (exact) mass is 1620 g/mol. The molecule has 0 amide bonds. The van der Waals surface area contributed by atoms with Crippen LogP contribution in [0.15, 0.2) is 146 Å². The number of aliphatic hydroxyl groups is 2. The van der Waals surface area contributed by atoms with Gasteiger partial charge < -0.3 is 34.2 Å². The minimum atomic E-state index is -4.95. The van der Waals surface area contributed by atoms with Crippen LogP contribution in [0.1, 0.15) is 380 Å².